The highest BCUT2D eigenvalue weighted by molar-refractivity contribution is 5.90. The fraction of sp³-hybridized carbons (Fsp3) is 0.600. The van der Waals surface area contributed by atoms with Crippen LogP contribution in [0.25, 0.3) is 0 Å². The van der Waals surface area contributed by atoms with Crippen LogP contribution in [0.15, 0.2) is 12.1 Å². The van der Waals surface area contributed by atoms with E-state index in [1.54, 1.807) is 6.07 Å². The number of carbonyl (C=O) groups excluding carboxylic acids is 1. The molecule has 0 spiro atoms. The fourth-order valence-corrected chi connectivity index (χ4v) is 2.56. The Bertz CT molecular complexity index is 456. The molecular weight excluding hydrogens is 254 g/mol. The number of esters is 1. The molecule has 1 unspecified atom stereocenters. The third kappa shape index (κ3) is 3.93. The number of piperidine rings is 1. The highest BCUT2D eigenvalue weighted by Gasteiger charge is 2.13. The van der Waals surface area contributed by atoms with Crippen LogP contribution < -0.4 is 10.6 Å². The second kappa shape index (κ2) is 7.24. The van der Waals surface area contributed by atoms with E-state index in [-0.39, 0.29) is 5.97 Å². The van der Waals surface area contributed by atoms with E-state index >= 15 is 0 Å². The van der Waals surface area contributed by atoms with Gasteiger partial charge in [0, 0.05) is 6.54 Å². The number of anilines is 1. The van der Waals surface area contributed by atoms with E-state index in [0.717, 1.165) is 37.8 Å². The SMILES string of the molecule is COC(=O)c1ccc(NCCC2CCCNC2)nc1C. The molecule has 0 aliphatic carbocycles. The van der Waals surface area contributed by atoms with E-state index < -0.39 is 0 Å². The molecule has 1 saturated heterocycles. The zero-order valence-corrected chi connectivity index (χ0v) is 12.2. The van der Waals surface area contributed by atoms with Gasteiger partial charge in [-0.1, -0.05) is 0 Å². The molecule has 2 N–H and O–H groups in total. The minimum absolute atomic E-state index is 0.338. The van der Waals surface area contributed by atoms with Crippen molar-refractivity contribution in [3.05, 3.63) is 23.4 Å². The number of methoxy groups -OCH3 is 1. The minimum atomic E-state index is -0.338. The van der Waals surface area contributed by atoms with E-state index in [2.05, 4.69) is 15.6 Å². The van der Waals surface area contributed by atoms with Crippen LogP contribution in [0, 0.1) is 12.8 Å². The predicted molar refractivity (Wildman–Crippen MR) is 79.0 cm³/mol. The van der Waals surface area contributed by atoms with Gasteiger partial charge in [0.1, 0.15) is 5.82 Å². The quantitative estimate of drug-likeness (QED) is 0.806. The normalized spacial score (nSPS) is 18.6. The number of hydrogen-bond donors (Lipinski definition) is 2. The number of hydrogen-bond acceptors (Lipinski definition) is 5. The lowest BCUT2D eigenvalue weighted by Gasteiger charge is -2.22. The summed E-state index contributed by atoms with van der Waals surface area (Å²) in [6.07, 6.45) is 3.73. The first-order valence-electron chi connectivity index (χ1n) is 7.21. The van der Waals surface area contributed by atoms with Crippen molar-refractivity contribution in [2.75, 3.05) is 32.1 Å². The highest BCUT2D eigenvalue weighted by Crippen LogP contribution is 2.15. The van der Waals surface area contributed by atoms with Crippen LogP contribution in [0.5, 0.6) is 0 Å². The van der Waals surface area contributed by atoms with E-state index in [9.17, 15) is 4.79 Å². The van der Waals surface area contributed by atoms with Crippen LogP contribution in [-0.2, 0) is 4.74 Å². The molecule has 0 aromatic carbocycles. The predicted octanol–water partition coefficient (Wildman–Crippen LogP) is 1.98. The highest BCUT2D eigenvalue weighted by atomic mass is 16.5. The van der Waals surface area contributed by atoms with Gasteiger partial charge in [0.15, 0.2) is 0 Å². The topological polar surface area (TPSA) is 63.2 Å². The largest absolute Gasteiger partial charge is 0.465 e. The fourth-order valence-electron chi connectivity index (χ4n) is 2.56. The summed E-state index contributed by atoms with van der Waals surface area (Å²) >= 11 is 0. The molecule has 1 aromatic rings. The summed E-state index contributed by atoms with van der Waals surface area (Å²) in [6, 6.07) is 3.59. The minimum Gasteiger partial charge on any atom is -0.465 e. The number of ether oxygens (including phenoxy) is 1. The van der Waals surface area contributed by atoms with Crippen molar-refractivity contribution in [2.45, 2.75) is 26.2 Å². The Labute approximate surface area is 120 Å². The maximum Gasteiger partial charge on any atom is 0.339 e. The summed E-state index contributed by atoms with van der Waals surface area (Å²) in [5.41, 5.74) is 1.22. The van der Waals surface area contributed by atoms with Crippen LogP contribution >= 0.6 is 0 Å². The maximum atomic E-state index is 11.5. The van der Waals surface area contributed by atoms with Gasteiger partial charge in [-0.2, -0.15) is 0 Å². The number of carbonyl (C=O) groups is 1. The van der Waals surface area contributed by atoms with Crippen LogP contribution in [0.1, 0.15) is 35.3 Å². The molecule has 0 radical (unpaired) electrons. The van der Waals surface area contributed by atoms with Crippen LogP contribution in [-0.4, -0.2) is 37.7 Å². The third-order valence-electron chi connectivity index (χ3n) is 3.75. The Morgan fingerprint density at radius 2 is 2.40 bits per heavy atom. The molecule has 0 saturated carbocycles. The molecule has 1 aromatic heterocycles. The average Bonchev–Trinajstić information content (AvgIpc) is 2.48. The van der Waals surface area contributed by atoms with Gasteiger partial charge in [-0.25, -0.2) is 9.78 Å². The Balaban J connectivity index is 1.84. The number of nitrogens with one attached hydrogen (secondary N) is 2. The average molecular weight is 277 g/mol. The van der Waals surface area contributed by atoms with Gasteiger partial charge in [0.25, 0.3) is 0 Å². The Morgan fingerprint density at radius 3 is 3.05 bits per heavy atom. The zero-order chi connectivity index (χ0) is 14.4. The summed E-state index contributed by atoms with van der Waals surface area (Å²) in [4.78, 5) is 15.9. The van der Waals surface area contributed by atoms with Gasteiger partial charge in [-0.3, -0.25) is 0 Å². The summed E-state index contributed by atoms with van der Waals surface area (Å²) in [5.74, 6) is 1.24. The Kier molecular flexibility index (Phi) is 5.35. The van der Waals surface area contributed by atoms with Gasteiger partial charge in [-0.15, -0.1) is 0 Å². The maximum absolute atomic E-state index is 11.5. The van der Waals surface area contributed by atoms with Gasteiger partial charge >= 0.3 is 5.97 Å². The molecule has 1 aliphatic heterocycles. The first kappa shape index (κ1) is 14.8. The second-order valence-electron chi connectivity index (χ2n) is 5.25. The molecular formula is C15H23N3O2. The molecule has 5 heteroatoms. The molecule has 5 nitrogen and oxygen atoms in total. The zero-order valence-electron chi connectivity index (χ0n) is 12.2. The van der Waals surface area contributed by atoms with Gasteiger partial charge in [-0.05, 0) is 57.3 Å². The number of nitrogens with zero attached hydrogens (tertiary/aromatic N) is 1. The number of aromatic nitrogens is 1. The van der Waals surface area contributed by atoms with Crippen molar-refractivity contribution in [1.82, 2.24) is 10.3 Å². The molecule has 0 amide bonds. The number of pyridine rings is 1. The molecule has 2 heterocycles. The lowest BCUT2D eigenvalue weighted by Crippen LogP contribution is -2.30. The first-order valence-corrected chi connectivity index (χ1v) is 7.21. The van der Waals surface area contributed by atoms with E-state index in [1.165, 1.54) is 20.0 Å². The summed E-state index contributed by atoms with van der Waals surface area (Å²) in [6.45, 7) is 5.01. The van der Waals surface area contributed by atoms with Crippen molar-refractivity contribution in [3.8, 4) is 0 Å². The molecule has 2 rings (SSSR count). The summed E-state index contributed by atoms with van der Waals surface area (Å²) in [7, 11) is 1.38. The van der Waals surface area contributed by atoms with Crippen LogP contribution in [0.2, 0.25) is 0 Å². The molecule has 0 bridgehead atoms. The van der Waals surface area contributed by atoms with Gasteiger partial charge < -0.3 is 15.4 Å². The molecule has 1 fully saturated rings. The van der Waals surface area contributed by atoms with Crippen molar-refractivity contribution in [3.63, 3.8) is 0 Å². The Morgan fingerprint density at radius 1 is 1.55 bits per heavy atom. The van der Waals surface area contributed by atoms with Crippen molar-refractivity contribution in [1.29, 1.82) is 0 Å². The van der Waals surface area contributed by atoms with Crippen molar-refractivity contribution in [2.24, 2.45) is 5.92 Å². The molecule has 1 aliphatic rings. The van der Waals surface area contributed by atoms with Gasteiger partial charge in [0.2, 0.25) is 0 Å². The lowest BCUT2D eigenvalue weighted by molar-refractivity contribution is 0.0599. The summed E-state index contributed by atoms with van der Waals surface area (Å²) < 4.78 is 4.71. The summed E-state index contributed by atoms with van der Waals surface area (Å²) in [5, 5.41) is 6.75. The smallest absolute Gasteiger partial charge is 0.339 e. The lowest BCUT2D eigenvalue weighted by atomic mass is 9.96. The van der Waals surface area contributed by atoms with Crippen molar-refractivity contribution < 1.29 is 9.53 Å². The van der Waals surface area contributed by atoms with Crippen LogP contribution in [0.4, 0.5) is 5.82 Å². The van der Waals surface area contributed by atoms with E-state index in [1.807, 2.05) is 13.0 Å². The second-order valence-corrected chi connectivity index (χ2v) is 5.25. The number of aryl methyl sites for hydroxylation is 1. The van der Waals surface area contributed by atoms with Crippen LogP contribution in [0.3, 0.4) is 0 Å². The molecule has 1 atom stereocenters. The standard InChI is InChI=1S/C15H23N3O2/c1-11-13(15(19)20-2)5-6-14(18-11)17-9-7-12-4-3-8-16-10-12/h5-6,12,16H,3-4,7-10H2,1-2H3,(H,17,18). The molecule has 20 heavy (non-hydrogen) atoms. The number of rotatable bonds is 5. The Hall–Kier alpha value is -1.62. The van der Waals surface area contributed by atoms with E-state index in [4.69, 9.17) is 4.74 Å². The van der Waals surface area contributed by atoms with Gasteiger partial charge in [0.05, 0.1) is 18.4 Å². The monoisotopic (exact) mass is 277 g/mol. The third-order valence-corrected chi connectivity index (χ3v) is 3.75. The molecule has 110 valence electrons. The van der Waals surface area contributed by atoms with Crippen molar-refractivity contribution >= 4 is 11.8 Å². The first-order chi connectivity index (χ1) is 9.70. The van der Waals surface area contributed by atoms with E-state index in [0.29, 0.717) is 11.3 Å².